The monoisotopic (exact) mass is 196 g/mol. The van der Waals surface area contributed by atoms with Crippen LogP contribution in [0.3, 0.4) is 0 Å². The van der Waals surface area contributed by atoms with Crippen molar-refractivity contribution >= 4 is 0 Å². The van der Waals surface area contributed by atoms with Gasteiger partial charge in [-0.1, -0.05) is 0 Å². The molecule has 2 aliphatic rings. The van der Waals surface area contributed by atoms with E-state index in [-0.39, 0.29) is 0 Å². The van der Waals surface area contributed by atoms with E-state index >= 15 is 0 Å². The van der Waals surface area contributed by atoms with Gasteiger partial charge >= 0.3 is 0 Å². The molecule has 0 aromatic carbocycles. The highest BCUT2D eigenvalue weighted by Gasteiger charge is 2.27. The third-order valence-corrected chi connectivity index (χ3v) is 3.96. The Morgan fingerprint density at radius 3 is 2.79 bits per heavy atom. The summed E-state index contributed by atoms with van der Waals surface area (Å²) in [4.78, 5) is 2.69. The van der Waals surface area contributed by atoms with Crippen LogP contribution in [0.25, 0.3) is 0 Å². The van der Waals surface area contributed by atoms with Crippen molar-refractivity contribution in [1.29, 1.82) is 0 Å². The smallest absolute Gasteiger partial charge is 0.00845 e. The third kappa shape index (κ3) is 2.29. The Hall–Kier alpha value is -0.0800. The van der Waals surface area contributed by atoms with E-state index in [1.807, 2.05) is 0 Å². The van der Waals surface area contributed by atoms with Gasteiger partial charge in [0.05, 0.1) is 0 Å². The molecule has 0 saturated carbocycles. The van der Waals surface area contributed by atoms with Gasteiger partial charge < -0.3 is 5.32 Å². The summed E-state index contributed by atoms with van der Waals surface area (Å²) < 4.78 is 0. The van der Waals surface area contributed by atoms with Crippen molar-refractivity contribution < 1.29 is 0 Å². The fourth-order valence-corrected chi connectivity index (χ4v) is 3.12. The normalized spacial score (nSPS) is 36.4. The first-order valence-corrected chi connectivity index (χ1v) is 6.26. The molecule has 2 saturated heterocycles. The molecule has 2 heteroatoms. The molecule has 0 amide bonds. The Morgan fingerprint density at radius 2 is 2.21 bits per heavy atom. The van der Waals surface area contributed by atoms with Crippen LogP contribution in [0.4, 0.5) is 0 Å². The highest BCUT2D eigenvalue weighted by Crippen LogP contribution is 2.23. The highest BCUT2D eigenvalue weighted by molar-refractivity contribution is 4.84. The predicted octanol–water partition coefficient (Wildman–Crippen LogP) is 2.00. The summed E-state index contributed by atoms with van der Waals surface area (Å²) in [5, 5.41) is 3.60. The molecule has 0 bridgehead atoms. The zero-order valence-electron chi connectivity index (χ0n) is 9.63. The number of likely N-dealkylation sites (tertiary alicyclic amines) is 1. The summed E-state index contributed by atoms with van der Waals surface area (Å²) in [6, 6.07) is 2.41. The summed E-state index contributed by atoms with van der Waals surface area (Å²) >= 11 is 0. The van der Waals surface area contributed by atoms with Gasteiger partial charge in [-0.05, 0) is 59.0 Å². The van der Waals surface area contributed by atoms with Crippen LogP contribution in [0, 0.1) is 0 Å². The van der Waals surface area contributed by atoms with Crippen LogP contribution in [0.1, 0.15) is 46.0 Å². The first kappa shape index (κ1) is 10.4. The van der Waals surface area contributed by atoms with Gasteiger partial charge in [-0.15, -0.1) is 0 Å². The second-order valence-electron chi connectivity index (χ2n) is 5.11. The van der Waals surface area contributed by atoms with Crippen LogP contribution < -0.4 is 5.32 Å². The maximum Gasteiger partial charge on any atom is 0.00845 e. The Bertz CT molecular complexity index is 175. The van der Waals surface area contributed by atoms with Crippen LogP contribution in [0.15, 0.2) is 0 Å². The molecule has 2 nitrogen and oxygen atoms in total. The third-order valence-electron chi connectivity index (χ3n) is 3.96. The van der Waals surface area contributed by atoms with Crippen molar-refractivity contribution in [2.75, 3.05) is 13.1 Å². The maximum absolute atomic E-state index is 3.60. The van der Waals surface area contributed by atoms with Gasteiger partial charge in [-0.25, -0.2) is 0 Å². The predicted molar refractivity (Wildman–Crippen MR) is 60.5 cm³/mol. The Balaban J connectivity index is 1.78. The van der Waals surface area contributed by atoms with E-state index in [4.69, 9.17) is 0 Å². The lowest BCUT2D eigenvalue weighted by Crippen LogP contribution is -2.39. The summed E-state index contributed by atoms with van der Waals surface area (Å²) in [5.74, 6) is 0. The molecule has 3 unspecified atom stereocenters. The minimum Gasteiger partial charge on any atom is -0.314 e. The molecule has 3 atom stereocenters. The lowest BCUT2D eigenvalue weighted by molar-refractivity contribution is 0.183. The van der Waals surface area contributed by atoms with Crippen LogP contribution >= 0.6 is 0 Å². The van der Waals surface area contributed by atoms with Crippen molar-refractivity contribution in [3.8, 4) is 0 Å². The fraction of sp³-hybridized carbons (Fsp3) is 1.00. The zero-order valence-corrected chi connectivity index (χ0v) is 9.63. The summed E-state index contributed by atoms with van der Waals surface area (Å²) in [6.07, 6.45) is 6.94. The number of hydrogen-bond donors (Lipinski definition) is 1. The number of rotatable bonds is 3. The Morgan fingerprint density at radius 1 is 1.36 bits per heavy atom. The Kier molecular flexibility index (Phi) is 3.45. The van der Waals surface area contributed by atoms with E-state index in [2.05, 4.69) is 24.1 Å². The summed E-state index contributed by atoms with van der Waals surface area (Å²) in [7, 11) is 0. The quantitative estimate of drug-likeness (QED) is 0.743. The number of nitrogens with zero attached hydrogens (tertiary/aromatic N) is 1. The molecule has 0 radical (unpaired) electrons. The molecule has 2 aliphatic heterocycles. The van der Waals surface area contributed by atoms with Crippen LogP contribution in [0.2, 0.25) is 0 Å². The first-order valence-electron chi connectivity index (χ1n) is 6.26. The van der Waals surface area contributed by atoms with Gasteiger partial charge in [0, 0.05) is 18.1 Å². The zero-order chi connectivity index (χ0) is 9.97. The van der Waals surface area contributed by atoms with Crippen LogP contribution in [-0.2, 0) is 0 Å². The topological polar surface area (TPSA) is 15.3 Å². The van der Waals surface area contributed by atoms with E-state index in [1.165, 1.54) is 45.2 Å². The molecule has 14 heavy (non-hydrogen) atoms. The first-order chi connectivity index (χ1) is 6.77. The molecular weight excluding hydrogens is 172 g/mol. The summed E-state index contributed by atoms with van der Waals surface area (Å²) in [6.45, 7) is 7.36. The van der Waals surface area contributed by atoms with Crippen molar-refractivity contribution in [3.63, 3.8) is 0 Å². The fourth-order valence-electron chi connectivity index (χ4n) is 3.12. The van der Waals surface area contributed by atoms with Crippen LogP contribution in [0.5, 0.6) is 0 Å². The van der Waals surface area contributed by atoms with E-state index < -0.39 is 0 Å². The molecule has 2 fully saturated rings. The van der Waals surface area contributed by atoms with E-state index in [1.54, 1.807) is 0 Å². The minimum atomic E-state index is 0.781. The lowest BCUT2D eigenvalue weighted by Gasteiger charge is -2.30. The Labute approximate surface area is 88.1 Å². The van der Waals surface area contributed by atoms with Crippen LogP contribution in [-0.4, -0.2) is 36.1 Å². The van der Waals surface area contributed by atoms with Gasteiger partial charge in [0.2, 0.25) is 0 Å². The molecule has 0 aliphatic carbocycles. The van der Waals surface area contributed by atoms with Crippen molar-refractivity contribution in [2.45, 2.75) is 64.1 Å². The average Bonchev–Trinajstić information content (AvgIpc) is 2.75. The highest BCUT2D eigenvalue weighted by atomic mass is 15.2. The lowest BCUT2D eigenvalue weighted by atomic mass is 10.1. The molecule has 2 rings (SSSR count). The largest absolute Gasteiger partial charge is 0.314 e. The van der Waals surface area contributed by atoms with Gasteiger partial charge in [-0.3, -0.25) is 4.90 Å². The molecule has 82 valence electrons. The maximum atomic E-state index is 3.60. The van der Waals surface area contributed by atoms with Crippen molar-refractivity contribution in [3.05, 3.63) is 0 Å². The number of nitrogens with one attached hydrogen (secondary N) is 1. The molecule has 1 N–H and O–H groups in total. The molecular formula is C12H24N2. The van der Waals surface area contributed by atoms with Gasteiger partial charge in [-0.2, -0.15) is 0 Å². The van der Waals surface area contributed by atoms with Crippen molar-refractivity contribution in [2.24, 2.45) is 0 Å². The van der Waals surface area contributed by atoms with E-state index in [9.17, 15) is 0 Å². The molecule has 0 aromatic rings. The summed E-state index contributed by atoms with van der Waals surface area (Å²) in [5.41, 5.74) is 0. The second-order valence-corrected chi connectivity index (χ2v) is 5.11. The minimum absolute atomic E-state index is 0.781. The van der Waals surface area contributed by atoms with E-state index in [0.717, 1.165) is 18.1 Å². The molecule has 2 heterocycles. The van der Waals surface area contributed by atoms with Gasteiger partial charge in [0.15, 0.2) is 0 Å². The van der Waals surface area contributed by atoms with E-state index in [0.29, 0.717) is 0 Å². The molecule has 0 spiro atoms. The standard InChI is InChI=1S/C12H24N2/c1-10-5-4-8-14(10)11(2)9-12-6-3-7-13-12/h10-13H,3-9H2,1-2H3. The van der Waals surface area contributed by atoms with Gasteiger partial charge in [0.25, 0.3) is 0 Å². The average molecular weight is 196 g/mol. The number of hydrogen-bond acceptors (Lipinski definition) is 2. The van der Waals surface area contributed by atoms with Gasteiger partial charge in [0.1, 0.15) is 0 Å². The second kappa shape index (κ2) is 4.63. The van der Waals surface area contributed by atoms with Crippen molar-refractivity contribution in [1.82, 2.24) is 10.2 Å². The SMILES string of the molecule is CC1CCCN1C(C)CC1CCCN1. The molecule has 0 aromatic heterocycles.